The standard InChI is InChI=1S/C38H66N4O6/c1-4-5-6-7-8-9-10-11-12-13-14-15-16-17-18-19-28-46-32-35(48-37-39-22-20-23-40-37)33-47-31-30-45-29-27-42-26-25-41(34-42)24-21-38(2,3)36(43)44/h20,22-26,35H,4-19,21,27-34H2,1-3H3. The average molecular weight is 675 g/mol. The van der Waals surface area contributed by atoms with E-state index in [0.717, 1.165) is 13.0 Å². The number of aliphatic carboxylic acids is 1. The van der Waals surface area contributed by atoms with Crippen LogP contribution < -0.4 is 9.84 Å². The largest absolute Gasteiger partial charge is 0.550 e. The monoisotopic (exact) mass is 674 g/mol. The third-order valence-electron chi connectivity index (χ3n) is 8.66. The van der Waals surface area contributed by atoms with Crippen molar-refractivity contribution in [3.63, 3.8) is 0 Å². The minimum Gasteiger partial charge on any atom is -0.550 e. The molecule has 10 nitrogen and oxygen atoms in total. The fraction of sp³-hybridized carbons (Fsp3) is 0.789. The van der Waals surface area contributed by atoms with Gasteiger partial charge in [0, 0.05) is 43.4 Å². The molecule has 0 fully saturated rings. The second kappa shape index (κ2) is 27.3. The molecule has 48 heavy (non-hydrogen) atoms. The van der Waals surface area contributed by atoms with Crippen LogP contribution in [0.25, 0.3) is 0 Å². The number of ether oxygens (including phenoxy) is 4. The lowest BCUT2D eigenvalue weighted by molar-refractivity contribution is -0.460. The van der Waals surface area contributed by atoms with Gasteiger partial charge in [-0.25, -0.2) is 9.97 Å². The average Bonchev–Trinajstić information content (AvgIpc) is 3.54. The third kappa shape index (κ3) is 21.4. The molecule has 0 saturated heterocycles. The van der Waals surface area contributed by atoms with Crippen LogP contribution in [0.5, 0.6) is 6.01 Å². The summed E-state index contributed by atoms with van der Waals surface area (Å²) >= 11 is 0. The van der Waals surface area contributed by atoms with Crippen molar-refractivity contribution in [1.82, 2.24) is 14.9 Å². The van der Waals surface area contributed by atoms with Gasteiger partial charge in [-0.2, -0.15) is 4.58 Å². The minimum atomic E-state index is -1.04. The highest BCUT2D eigenvalue weighted by molar-refractivity contribution is 5.75. The van der Waals surface area contributed by atoms with Crippen LogP contribution in [0.3, 0.4) is 0 Å². The van der Waals surface area contributed by atoms with Crippen LogP contribution in [0.2, 0.25) is 0 Å². The maximum absolute atomic E-state index is 11.2. The summed E-state index contributed by atoms with van der Waals surface area (Å²) in [5, 5.41) is 11.2. The van der Waals surface area contributed by atoms with E-state index >= 15 is 0 Å². The van der Waals surface area contributed by atoms with E-state index in [1.165, 1.54) is 96.3 Å². The van der Waals surface area contributed by atoms with Crippen LogP contribution in [-0.2, 0) is 19.0 Å². The molecule has 1 aliphatic rings. The molecule has 0 saturated carbocycles. The molecule has 1 unspecified atom stereocenters. The van der Waals surface area contributed by atoms with Crippen LogP contribution in [0.15, 0.2) is 30.9 Å². The molecule has 1 atom stereocenters. The van der Waals surface area contributed by atoms with Crippen LogP contribution >= 0.6 is 0 Å². The Kier molecular flexibility index (Phi) is 23.7. The van der Waals surface area contributed by atoms with Gasteiger partial charge in [0.2, 0.25) is 6.67 Å². The van der Waals surface area contributed by atoms with Crippen LogP contribution in [0.1, 0.15) is 130 Å². The van der Waals surface area contributed by atoms with Crippen LogP contribution in [0, 0.1) is 5.41 Å². The van der Waals surface area contributed by atoms with E-state index in [4.69, 9.17) is 18.9 Å². The Bertz CT molecular complexity index is 991. The number of nitrogens with zero attached hydrogens (tertiary/aromatic N) is 4. The molecule has 10 heteroatoms. The summed E-state index contributed by atoms with van der Waals surface area (Å²) in [5.74, 6) is -1.04. The number of hydrogen-bond acceptors (Lipinski definition) is 9. The molecule has 0 aromatic carbocycles. The van der Waals surface area contributed by atoms with Crippen molar-refractivity contribution in [2.75, 3.05) is 52.9 Å². The van der Waals surface area contributed by atoms with Crippen molar-refractivity contribution in [3.05, 3.63) is 30.9 Å². The fourth-order valence-corrected chi connectivity index (χ4v) is 5.37. The highest BCUT2D eigenvalue weighted by Crippen LogP contribution is 2.18. The first-order valence-corrected chi connectivity index (χ1v) is 18.8. The van der Waals surface area contributed by atoms with Gasteiger partial charge >= 0.3 is 6.01 Å². The summed E-state index contributed by atoms with van der Waals surface area (Å²) in [6.45, 7) is 10.0. The molecule has 2 heterocycles. The molecule has 0 radical (unpaired) electrons. The summed E-state index contributed by atoms with van der Waals surface area (Å²) in [6.07, 6.45) is 30.9. The minimum absolute atomic E-state index is 0.299. The summed E-state index contributed by atoms with van der Waals surface area (Å²) in [4.78, 5) is 21.7. The Hall–Kier alpha value is -2.56. The molecule has 1 aromatic rings. The lowest BCUT2D eigenvalue weighted by Crippen LogP contribution is -2.38. The topological polar surface area (TPSA) is 109 Å². The van der Waals surface area contributed by atoms with Gasteiger partial charge in [-0.05, 0) is 12.5 Å². The molecule has 1 aliphatic heterocycles. The van der Waals surface area contributed by atoms with E-state index in [1.807, 2.05) is 23.2 Å². The summed E-state index contributed by atoms with van der Waals surface area (Å²) in [5.41, 5.74) is -0.889. The fourth-order valence-electron chi connectivity index (χ4n) is 5.37. The second-order valence-corrected chi connectivity index (χ2v) is 13.7. The number of carboxylic acid groups (broad SMARTS) is 1. The Morgan fingerprint density at radius 2 is 1.38 bits per heavy atom. The first kappa shape index (κ1) is 41.6. The van der Waals surface area contributed by atoms with Crippen molar-refractivity contribution in [2.45, 2.75) is 136 Å². The summed E-state index contributed by atoms with van der Waals surface area (Å²) < 4.78 is 25.5. The van der Waals surface area contributed by atoms with Crippen molar-refractivity contribution in [3.8, 4) is 6.01 Å². The van der Waals surface area contributed by atoms with E-state index in [2.05, 4.69) is 21.8 Å². The van der Waals surface area contributed by atoms with Gasteiger partial charge in [-0.15, -0.1) is 0 Å². The van der Waals surface area contributed by atoms with Gasteiger partial charge in [-0.3, -0.25) is 0 Å². The predicted molar refractivity (Wildman–Crippen MR) is 189 cm³/mol. The van der Waals surface area contributed by atoms with Gasteiger partial charge < -0.3 is 33.7 Å². The molecule has 0 amide bonds. The summed E-state index contributed by atoms with van der Waals surface area (Å²) in [6, 6.07) is 2.08. The number of carbonyl (C=O) groups excluding carboxylic acids is 1. The normalized spacial score (nSPS) is 14.6. The number of carbonyl (C=O) groups is 1. The van der Waals surface area contributed by atoms with Crippen LogP contribution in [-0.4, -0.2) is 90.6 Å². The predicted octanol–water partition coefficient (Wildman–Crippen LogP) is 6.53. The van der Waals surface area contributed by atoms with Crippen molar-refractivity contribution >= 4 is 12.2 Å². The van der Waals surface area contributed by atoms with E-state index in [1.54, 1.807) is 32.3 Å². The van der Waals surface area contributed by atoms with Gasteiger partial charge in [0.25, 0.3) is 0 Å². The van der Waals surface area contributed by atoms with Gasteiger partial charge in [0.15, 0.2) is 6.20 Å². The smallest absolute Gasteiger partial charge is 0.316 e. The van der Waals surface area contributed by atoms with E-state index in [0.29, 0.717) is 58.7 Å². The molecular weight excluding hydrogens is 608 g/mol. The maximum Gasteiger partial charge on any atom is 0.316 e. The Balaban J connectivity index is 1.47. The zero-order chi connectivity index (χ0) is 34.5. The molecule has 274 valence electrons. The van der Waals surface area contributed by atoms with Gasteiger partial charge in [0.05, 0.1) is 39.2 Å². The number of rotatable bonds is 32. The number of carboxylic acids is 1. The van der Waals surface area contributed by atoms with E-state index in [9.17, 15) is 9.90 Å². The lowest BCUT2D eigenvalue weighted by Gasteiger charge is -2.22. The van der Waals surface area contributed by atoms with Crippen molar-refractivity contribution < 1.29 is 33.4 Å². The molecular formula is C38H66N4O6. The van der Waals surface area contributed by atoms with Crippen molar-refractivity contribution in [1.29, 1.82) is 0 Å². The molecule has 0 bridgehead atoms. The van der Waals surface area contributed by atoms with E-state index in [-0.39, 0.29) is 6.10 Å². The number of hydrogen-bond donors (Lipinski definition) is 0. The lowest BCUT2D eigenvalue weighted by atomic mass is 9.90. The number of unbranched alkanes of at least 4 members (excludes halogenated alkanes) is 15. The molecule has 0 spiro atoms. The zero-order valence-electron chi connectivity index (χ0n) is 30.5. The highest BCUT2D eigenvalue weighted by Gasteiger charge is 2.22. The molecule has 0 N–H and O–H groups in total. The van der Waals surface area contributed by atoms with Gasteiger partial charge in [-0.1, -0.05) is 117 Å². The SMILES string of the molecule is CCCCCCCCCCCCCCCCCCOCC(COCCOCCN1C=C[N+](=CCC(C)(C)C(=O)[O-])C1)Oc1ncccn1. The second-order valence-electron chi connectivity index (χ2n) is 13.7. The molecule has 2 rings (SSSR count). The van der Waals surface area contributed by atoms with Crippen LogP contribution in [0.4, 0.5) is 0 Å². The zero-order valence-corrected chi connectivity index (χ0v) is 30.5. The van der Waals surface area contributed by atoms with Crippen molar-refractivity contribution in [2.24, 2.45) is 5.41 Å². The Morgan fingerprint density at radius 3 is 1.96 bits per heavy atom. The third-order valence-corrected chi connectivity index (χ3v) is 8.66. The first-order chi connectivity index (χ1) is 23.4. The maximum atomic E-state index is 11.2. The quantitative estimate of drug-likeness (QED) is 0.0623. The van der Waals surface area contributed by atoms with Gasteiger partial charge in [0.1, 0.15) is 12.3 Å². The summed E-state index contributed by atoms with van der Waals surface area (Å²) in [7, 11) is 0. The Labute approximate surface area is 291 Å². The molecule has 0 aliphatic carbocycles. The van der Waals surface area contributed by atoms with E-state index < -0.39 is 11.4 Å². The Morgan fingerprint density at radius 1 is 0.833 bits per heavy atom. The highest BCUT2D eigenvalue weighted by atomic mass is 16.6. The molecule has 1 aromatic heterocycles. The first-order valence-electron chi connectivity index (χ1n) is 18.8. The number of aromatic nitrogens is 2.